The number of amides is 2. The van der Waals surface area contributed by atoms with E-state index in [-0.39, 0.29) is 11.6 Å². The Morgan fingerprint density at radius 1 is 1.45 bits per heavy atom. The van der Waals surface area contributed by atoms with Gasteiger partial charge in [-0.3, -0.25) is 4.90 Å². The Hall–Kier alpha value is -2.48. The smallest absolute Gasteiger partial charge is 0.335 e. The number of aromatic carboxylic acids is 1. The topological polar surface area (TPSA) is 69.6 Å². The highest BCUT2D eigenvalue weighted by Crippen LogP contribution is 2.28. The summed E-state index contributed by atoms with van der Waals surface area (Å²) in [5, 5.41) is 11.7. The highest BCUT2D eigenvalue weighted by Gasteiger charge is 2.22. The molecule has 0 atom stereocenters. The molecule has 0 radical (unpaired) electrons. The maximum absolute atomic E-state index is 12.1. The van der Waals surface area contributed by atoms with Crippen LogP contribution in [0.4, 0.5) is 10.5 Å². The minimum Gasteiger partial charge on any atom is -0.478 e. The van der Waals surface area contributed by atoms with E-state index in [1.165, 1.54) is 6.07 Å². The number of hydrogen-bond donors (Lipinski definition) is 2. The molecule has 2 N–H and O–H groups in total. The number of hydrogen-bond acceptors (Lipinski definition) is 2. The van der Waals surface area contributed by atoms with Crippen molar-refractivity contribution in [3.8, 4) is 11.8 Å². The Kier molecular flexibility index (Phi) is 4.26. The van der Waals surface area contributed by atoms with Crippen molar-refractivity contribution < 1.29 is 14.7 Å². The van der Waals surface area contributed by atoms with Crippen LogP contribution in [0.1, 0.15) is 29.3 Å². The summed E-state index contributed by atoms with van der Waals surface area (Å²) in [5.74, 6) is 4.55. The molecular formula is C15H16N2O3. The molecule has 0 unspecified atom stereocenters. The van der Waals surface area contributed by atoms with Crippen LogP contribution in [-0.2, 0) is 6.42 Å². The molecular weight excluding hydrogens is 256 g/mol. The third-order valence-electron chi connectivity index (χ3n) is 3.20. The number of fused-ring (bicyclic) bond motifs is 1. The van der Waals surface area contributed by atoms with Gasteiger partial charge in [-0.2, -0.15) is 0 Å². The van der Waals surface area contributed by atoms with Crippen LogP contribution in [0.2, 0.25) is 0 Å². The van der Waals surface area contributed by atoms with E-state index in [1.807, 2.05) is 0 Å². The molecule has 0 saturated heterocycles. The zero-order valence-electron chi connectivity index (χ0n) is 11.3. The van der Waals surface area contributed by atoms with E-state index in [0.29, 0.717) is 13.1 Å². The van der Waals surface area contributed by atoms with Crippen molar-refractivity contribution in [3.63, 3.8) is 0 Å². The molecule has 0 saturated carbocycles. The summed E-state index contributed by atoms with van der Waals surface area (Å²) in [5.41, 5.74) is 1.93. The fraction of sp³-hybridized carbons (Fsp3) is 0.333. The zero-order valence-corrected chi connectivity index (χ0v) is 11.3. The van der Waals surface area contributed by atoms with Gasteiger partial charge in [-0.25, -0.2) is 9.59 Å². The fourth-order valence-corrected chi connectivity index (χ4v) is 2.24. The van der Waals surface area contributed by atoms with Crippen LogP contribution >= 0.6 is 0 Å². The van der Waals surface area contributed by atoms with E-state index in [0.717, 1.165) is 24.1 Å². The highest BCUT2D eigenvalue weighted by atomic mass is 16.4. The first-order valence-corrected chi connectivity index (χ1v) is 6.44. The van der Waals surface area contributed by atoms with Crippen LogP contribution in [0.25, 0.3) is 0 Å². The maximum atomic E-state index is 12.1. The summed E-state index contributed by atoms with van der Waals surface area (Å²) < 4.78 is 0. The lowest BCUT2D eigenvalue weighted by atomic mass is 9.99. The number of carboxylic acid groups (broad SMARTS) is 1. The average Bonchev–Trinajstić information content (AvgIpc) is 2.46. The van der Waals surface area contributed by atoms with Gasteiger partial charge in [0.2, 0.25) is 0 Å². The Labute approximate surface area is 117 Å². The molecule has 20 heavy (non-hydrogen) atoms. The molecule has 0 spiro atoms. The van der Waals surface area contributed by atoms with Crippen molar-refractivity contribution >= 4 is 17.7 Å². The minimum absolute atomic E-state index is 0.197. The largest absolute Gasteiger partial charge is 0.478 e. The maximum Gasteiger partial charge on any atom is 0.335 e. The normalized spacial score (nSPS) is 12.9. The summed E-state index contributed by atoms with van der Waals surface area (Å²) in [6.45, 7) is 2.66. The van der Waals surface area contributed by atoms with Crippen LogP contribution < -0.4 is 10.2 Å². The van der Waals surface area contributed by atoms with E-state index >= 15 is 0 Å². The number of rotatable bonds is 2. The van der Waals surface area contributed by atoms with Gasteiger partial charge >= 0.3 is 12.0 Å². The van der Waals surface area contributed by atoms with Gasteiger partial charge < -0.3 is 10.4 Å². The lowest BCUT2D eigenvalue weighted by Crippen LogP contribution is -2.43. The van der Waals surface area contributed by atoms with Crippen LogP contribution in [0.5, 0.6) is 0 Å². The molecule has 1 aromatic rings. The van der Waals surface area contributed by atoms with Crippen LogP contribution in [-0.4, -0.2) is 30.2 Å². The third kappa shape index (κ3) is 2.91. The first-order chi connectivity index (χ1) is 9.63. The van der Waals surface area contributed by atoms with Crippen LogP contribution in [0.15, 0.2) is 18.2 Å². The van der Waals surface area contributed by atoms with Gasteiger partial charge in [0.25, 0.3) is 0 Å². The molecule has 1 aliphatic rings. The molecule has 0 aromatic heterocycles. The van der Waals surface area contributed by atoms with Crippen molar-refractivity contribution in [2.75, 3.05) is 18.0 Å². The molecule has 5 heteroatoms. The predicted molar refractivity (Wildman–Crippen MR) is 75.9 cm³/mol. The summed E-state index contributed by atoms with van der Waals surface area (Å²) in [6, 6.07) is 4.67. The van der Waals surface area contributed by atoms with Gasteiger partial charge in [0.05, 0.1) is 12.1 Å². The second kappa shape index (κ2) is 6.11. The molecule has 104 valence electrons. The van der Waals surface area contributed by atoms with Gasteiger partial charge in [-0.05, 0) is 43.5 Å². The number of anilines is 1. The Bertz CT molecular complexity index is 599. The van der Waals surface area contributed by atoms with Gasteiger partial charge in [-0.1, -0.05) is 5.92 Å². The Morgan fingerprint density at radius 2 is 2.25 bits per heavy atom. The fourth-order valence-electron chi connectivity index (χ4n) is 2.24. The Morgan fingerprint density at radius 3 is 2.95 bits per heavy atom. The third-order valence-corrected chi connectivity index (χ3v) is 3.20. The SMILES string of the molecule is CC#CCNC(=O)N1CCCc2cc(C(=O)O)ccc21. The number of carbonyl (C=O) groups excluding carboxylic acids is 1. The number of aryl methyl sites for hydroxylation is 1. The van der Waals surface area contributed by atoms with Crippen LogP contribution in [0.3, 0.4) is 0 Å². The molecule has 1 aliphatic heterocycles. The molecule has 1 heterocycles. The van der Waals surface area contributed by atoms with Crippen molar-refractivity contribution in [2.24, 2.45) is 0 Å². The van der Waals surface area contributed by atoms with Crippen molar-refractivity contribution in [2.45, 2.75) is 19.8 Å². The zero-order chi connectivity index (χ0) is 14.5. The summed E-state index contributed by atoms with van der Waals surface area (Å²) in [4.78, 5) is 24.7. The molecule has 0 fully saturated rings. The van der Waals surface area contributed by atoms with E-state index in [4.69, 9.17) is 5.11 Å². The van der Waals surface area contributed by atoms with E-state index in [2.05, 4.69) is 17.2 Å². The van der Waals surface area contributed by atoms with E-state index in [1.54, 1.807) is 24.0 Å². The summed E-state index contributed by atoms with van der Waals surface area (Å²) in [6.07, 6.45) is 1.61. The average molecular weight is 272 g/mol. The number of urea groups is 1. The molecule has 2 rings (SSSR count). The van der Waals surface area contributed by atoms with E-state index in [9.17, 15) is 9.59 Å². The van der Waals surface area contributed by atoms with Gasteiger partial charge in [0, 0.05) is 12.2 Å². The molecule has 0 aliphatic carbocycles. The molecule has 5 nitrogen and oxygen atoms in total. The minimum atomic E-state index is -0.951. The second-order valence-corrected chi connectivity index (χ2v) is 4.49. The van der Waals surface area contributed by atoms with E-state index < -0.39 is 5.97 Å². The number of benzene rings is 1. The standard InChI is InChI=1S/C15H16N2O3/c1-2-3-8-16-15(20)17-9-4-5-11-10-12(14(18)19)6-7-13(11)17/h6-7,10H,4-5,8-9H2,1H3,(H,16,20)(H,18,19). The highest BCUT2D eigenvalue weighted by molar-refractivity contribution is 5.95. The van der Waals surface area contributed by atoms with Gasteiger partial charge in [0.15, 0.2) is 0 Å². The lowest BCUT2D eigenvalue weighted by molar-refractivity contribution is 0.0696. The first kappa shape index (κ1) is 13.9. The number of nitrogens with one attached hydrogen (secondary N) is 1. The number of carboxylic acids is 1. The number of nitrogens with zero attached hydrogens (tertiary/aromatic N) is 1. The van der Waals surface area contributed by atoms with Crippen LogP contribution in [0, 0.1) is 11.8 Å². The van der Waals surface area contributed by atoms with Gasteiger partial charge in [-0.15, -0.1) is 5.92 Å². The second-order valence-electron chi connectivity index (χ2n) is 4.49. The van der Waals surface area contributed by atoms with Gasteiger partial charge in [0.1, 0.15) is 0 Å². The lowest BCUT2D eigenvalue weighted by Gasteiger charge is -2.29. The van der Waals surface area contributed by atoms with Crippen molar-refractivity contribution in [1.29, 1.82) is 0 Å². The summed E-state index contributed by atoms with van der Waals surface area (Å²) >= 11 is 0. The van der Waals surface area contributed by atoms with Crippen molar-refractivity contribution in [3.05, 3.63) is 29.3 Å². The molecule has 2 amide bonds. The first-order valence-electron chi connectivity index (χ1n) is 6.44. The monoisotopic (exact) mass is 272 g/mol. The Balaban J connectivity index is 2.21. The molecule has 1 aromatic carbocycles. The quantitative estimate of drug-likeness (QED) is 0.807. The summed E-state index contributed by atoms with van der Waals surface area (Å²) in [7, 11) is 0. The predicted octanol–water partition coefficient (Wildman–Crippen LogP) is 1.87. The molecule has 0 bridgehead atoms. The number of carbonyl (C=O) groups is 2. The van der Waals surface area contributed by atoms with Crippen molar-refractivity contribution in [1.82, 2.24) is 5.32 Å².